The van der Waals surface area contributed by atoms with Crippen LogP contribution in [0.2, 0.25) is 0 Å². The van der Waals surface area contributed by atoms with Crippen LogP contribution in [0.1, 0.15) is 36.6 Å². The standard InChI is InChI=1S/C18H12O3/c1-11-6-2-3-7-12(11)16(19)10-15-17(20)13-8-4-5-9-14(13)18(15)21/h2-10H,1H3. The Balaban J connectivity index is 2.03. The van der Waals surface area contributed by atoms with Crippen molar-refractivity contribution in [1.82, 2.24) is 0 Å². The Hall–Kier alpha value is -2.81. The van der Waals surface area contributed by atoms with E-state index >= 15 is 0 Å². The minimum absolute atomic E-state index is 0.0514. The molecule has 0 saturated carbocycles. The van der Waals surface area contributed by atoms with E-state index in [9.17, 15) is 14.4 Å². The minimum atomic E-state index is -0.377. The third-order valence-electron chi connectivity index (χ3n) is 3.59. The molecule has 0 aromatic heterocycles. The van der Waals surface area contributed by atoms with Gasteiger partial charge in [-0.25, -0.2) is 0 Å². The Morgan fingerprint density at radius 3 is 1.95 bits per heavy atom. The molecule has 1 aliphatic rings. The van der Waals surface area contributed by atoms with E-state index in [1.165, 1.54) is 0 Å². The van der Waals surface area contributed by atoms with Gasteiger partial charge in [-0.2, -0.15) is 0 Å². The molecular formula is C18H12O3. The number of carbonyl (C=O) groups is 3. The normalized spacial score (nSPS) is 13.3. The summed E-state index contributed by atoms with van der Waals surface area (Å²) in [5.74, 6) is -1.08. The zero-order valence-electron chi connectivity index (χ0n) is 11.4. The number of fused-ring (bicyclic) bond motifs is 1. The predicted octanol–water partition coefficient (Wildman–Crippen LogP) is 3.18. The number of allylic oxidation sites excluding steroid dienone is 2. The van der Waals surface area contributed by atoms with Gasteiger partial charge in [0, 0.05) is 22.8 Å². The molecule has 102 valence electrons. The van der Waals surface area contributed by atoms with Crippen molar-refractivity contribution in [3.05, 3.63) is 82.4 Å². The number of hydrogen-bond donors (Lipinski definition) is 0. The number of Topliss-reactive ketones (excluding diaryl/α,β-unsaturated/α-hetero) is 2. The summed E-state index contributed by atoms with van der Waals surface area (Å²) in [6.45, 7) is 1.82. The van der Waals surface area contributed by atoms with Crippen LogP contribution in [0.4, 0.5) is 0 Å². The second-order valence-corrected chi connectivity index (χ2v) is 4.94. The van der Waals surface area contributed by atoms with Gasteiger partial charge in [-0.1, -0.05) is 48.5 Å². The number of ketones is 3. The maximum absolute atomic E-state index is 12.3. The summed E-state index contributed by atoms with van der Waals surface area (Å²) in [6.07, 6.45) is 1.16. The fourth-order valence-electron chi connectivity index (χ4n) is 2.46. The van der Waals surface area contributed by atoms with Crippen LogP contribution in [0.5, 0.6) is 0 Å². The number of benzene rings is 2. The molecular weight excluding hydrogens is 264 g/mol. The highest BCUT2D eigenvalue weighted by atomic mass is 16.2. The molecule has 3 heteroatoms. The Morgan fingerprint density at radius 2 is 1.38 bits per heavy atom. The fraction of sp³-hybridized carbons (Fsp3) is 0.0556. The lowest BCUT2D eigenvalue weighted by Crippen LogP contribution is -2.06. The summed E-state index contributed by atoms with van der Waals surface area (Å²) in [6, 6.07) is 13.7. The lowest BCUT2D eigenvalue weighted by molar-refractivity contribution is 0.0970. The van der Waals surface area contributed by atoms with E-state index in [1.54, 1.807) is 36.4 Å². The molecule has 0 unspecified atom stereocenters. The first-order chi connectivity index (χ1) is 10.1. The topological polar surface area (TPSA) is 51.2 Å². The van der Waals surface area contributed by atoms with Crippen molar-refractivity contribution < 1.29 is 14.4 Å². The van der Waals surface area contributed by atoms with Crippen LogP contribution in [0.25, 0.3) is 0 Å². The van der Waals surface area contributed by atoms with Gasteiger partial charge in [0.25, 0.3) is 0 Å². The van der Waals surface area contributed by atoms with Crippen LogP contribution in [-0.2, 0) is 0 Å². The van der Waals surface area contributed by atoms with Gasteiger partial charge in [0.05, 0.1) is 5.57 Å². The van der Waals surface area contributed by atoms with E-state index in [0.717, 1.165) is 11.6 Å². The fourth-order valence-corrected chi connectivity index (χ4v) is 2.46. The molecule has 0 radical (unpaired) electrons. The lowest BCUT2D eigenvalue weighted by Gasteiger charge is -2.01. The van der Waals surface area contributed by atoms with Gasteiger partial charge in [-0.05, 0) is 12.5 Å². The minimum Gasteiger partial charge on any atom is -0.289 e. The van der Waals surface area contributed by atoms with Crippen molar-refractivity contribution in [1.29, 1.82) is 0 Å². The molecule has 0 saturated heterocycles. The number of aryl methyl sites for hydroxylation is 1. The van der Waals surface area contributed by atoms with E-state index in [1.807, 2.05) is 19.1 Å². The first-order valence-electron chi connectivity index (χ1n) is 6.59. The summed E-state index contributed by atoms with van der Waals surface area (Å²) in [7, 11) is 0. The van der Waals surface area contributed by atoms with E-state index in [4.69, 9.17) is 0 Å². The van der Waals surface area contributed by atoms with Gasteiger partial charge in [0.15, 0.2) is 17.3 Å². The van der Waals surface area contributed by atoms with E-state index in [-0.39, 0.29) is 22.9 Å². The number of carbonyl (C=O) groups excluding carboxylic acids is 3. The Bertz CT molecular complexity index is 776. The second kappa shape index (κ2) is 4.94. The molecule has 0 atom stereocenters. The highest BCUT2D eigenvalue weighted by molar-refractivity contribution is 6.41. The first kappa shape index (κ1) is 13.2. The monoisotopic (exact) mass is 276 g/mol. The van der Waals surface area contributed by atoms with Crippen LogP contribution in [0, 0.1) is 6.92 Å². The summed E-state index contributed by atoms with van der Waals surface area (Å²) in [5, 5.41) is 0. The molecule has 0 amide bonds. The van der Waals surface area contributed by atoms with Gasteiger partial charge in [-0.3, -0.25) is 14.4 Å². The van der Waals surface area contributed by atoms with Crippen molar-refractivity contribution in [2.75, 3.05) is 0 Å². The Labute approximate surface area is 121 Å². The van der Waals surface area contributed by atoms with Gasteiger partial charge >= 0.3 is 0 Å². The molecule has 3 rings (SSSR count). The third-order valence-corrected chi connectivity index (χ3v) is 3.59. The summed E-state index contributed by atoms with van der Waals surface area (Å²) >= 11 is 0. The van der Waals surface area contributed by atoms with Crippen LogP contribution < -0.4 is 0 Å². The molecule has 0 heterocycles. The average molecular weight is 276 g/mol. The van der Waals surface area contributed by atoms with Gasteiger partial charge < -0.3 is 0 Å². The zero-order chi connectivity index (χ0) is 15.0. The highest BCUT2D eigenvalue weighted by Gasteiger charge is 2.33. The number of rotatable bonds is 2. The zero-order valence-corrected chi connectivity index (χ0v) is 11.4. The largest absolute Gasteiger partial charge is 0.289 e. The second-order valence-electron chi connectivity index (χ2n) is 4.94. The molecule has 0 fully saturated rings. The first-order valence-corrected chi connectivity index (χ1v) is 6.59. The molecule has 3 nitrogen and oxygen atoms in total. The summed E-state index contributed by atoms with van der Waals surface area (Å²) < 4.78 is 0. The van der Waals surface area contributed by atoms with Gasteiger partial charge in [-0.15, -0.1) is 0 Å². The van der Waals surface area contributed by atoms with Crippen LogP contribution >= 0.6 is 0 Å². The molecule has 0 bridgehead atoms. The lowest BCUT2D eigenvalue weighted by atomic mass is 10.0. The predicted molar refractivity (Wildman–Crippen MR) is 78.7 cm³/mol. The Morgan fingerprint density at radius 1 is 0.857 bits per heavy atom. The highest BCUT2D eigenvalue weighted by Crippen LogP contribution is 2.26. The van der Waals surface area contributed by atoms with E-state index in [2.05, 4.69) is 0 Å². The van der Waals surface area contributed by atoms with Crippen LogP contribution in [0.3, 0.4) is 0 Å². The quantitative estimate of drug-likeness (QED) is 0.481. The maximum Gasteiger partial charge on any atom is 0.197 e. The molecule has 0 N–H and O–H groups in total. The third kappa shape index (κ3) is 2.13. The van der Waals surface area contributed by atoms with Crippen molar-refractivity contribution in [3.8, 4) is 0 Å². The van der Waals surface area contributed by atoms with Crippen LogP contribution in [0.15, 0.2) is 60.2 Å². The molecule has 21 heavy (non-hydrogen) atoms. The van der Waals surface area contributed by atoms with E-state index in [0.29, 0.717) is 16.7 Å². The Kier molecular flexibility index (Phi) is 3.10. The van der Waals surface area contributed by atoms with Crippen molar-refractivity contribution in [2.24, 2.45) is 0 Å². The van der Waals surface area contributed by atoms with Crippen LogP contribution in [-0.4, -0.2) is 17.3 Å². The van der Waals surface area contributed by atoms with Gasteiger partial charge in [0.2, 0.25) is 0 Å². The van der Waals surface area contributed by atoms with Crippen molar-refractivity contribution >= 4 is 17.3 Å². The molecule has 2 aromatic carbocycles. The maximum atomic E-state index is 12.3. The molecule has 2 aromatic rings. The van der Waals surface area contributed by atoms with Crippen molar-refractivity contribution in [2.45, 2.75) is 6.92 Å². The molecule has 0 aliphatic heterocycles. The summed E-state index contributed by atoms with van der Waals surface area (Å²) in [5.41, 5.74) is 2.00. The average Bonchev–Trinajstić information content (AvgIpc) is 2.73. The van der Waals surface area contributed by atoms with Crippen molar-refractivity contribution in [3.63, 3.8) is 0 Å². The molecule has 0 spiro atoms. The summed E-state index contributed by atoms with van der Waals surface area (Å²) in [4.78, 5) is 36.7. The van der Waals surface area contributed by atoms with E-state index < -0.39 is 0 Å². The smallest absolute Gasteiger partial charge is 0.197 e. The van der Waals surface area contributed by atoms with Gasteiger partial charge in [0.1, 0.15) is 0 Å². The SMILES string of the molecule is Cc1ccccc1C(=O)C=C1C(=O)c2ccccc2C1=O. The molecule has 1 aliphatic carbocycles. The number of hydrogen-bond acceptors (Lipinski definition) is 3.